The highest BCUT2D eigenvalue weighted by Gasteiger charge is 2.23. The zero-order valence-corrected chi connectivity index (χ0v) is 11.5. The first-order valence-corrected chi connectivity index (χ1v) is 7.53. The van der Waals surface area contributed by atoms with E-state index in [0.717, 1.165) is 25.2 Å². The number of nitrogens with two attached hydrogens (primary N) is 1. The van der Waals surface area contributed by atoms with Crippen LogP contribution in [0.5, 0.6) is 0 Å². The van der Waals surface area contributed by atoms with Crippen LogP contribution in [0.1, 0.15) is 25.7 Å². The Hall–Kier alpha value is -1.01. The van der Waals surface area contributed by atoms with E-state index in [1.807, 2.05) is 12.3 Å². The predicted molar refractivity (Wildman–Crippen MR) is 74.9 cm³/mol. The normalized spacial score (nSPS) is 20.1. The van der Waals surface area contributed by atoms with E-state index in [0.29, 0.717) is 17.0 Å². The molecule has 0 bridgehead atoms. The van der Waals surface area contributed by atoms with Gasteiger partial charge in [0.1, 0.15) is 11.6 Å². The molecule has 1 aliphatic heterocycles. The zero-order valence-electron chi connectivity index (χ0n) is 10.7. The molecule has 5 nitrogen and oxygen atoms in total. The Bertz CT molecular complexity index is 400. The van der Waals surface area contributed by atoms with E-state index in [-0.39, 0.29) is 6.61 Å². The fraction of sp³-hybridized carbons (Fsp3) is 0.667. The summed E-state index contributed by atoms with van der Waals surface area (Å²) in [4.78, 5) is 11.0. The molecule has 0 aliphatic carbocycles. The number of nitrogen functional groups attached to an aromatic ring is 1. The molecule has 1 aromatic heterocycles. The number of thioether (sulfide) groups is 1. The van der Waals surface area contributed by atoms with Crippen LogP contribution in [0.3, 0.4) is 0 Å². The number of aliphatic hydroxyl groups excluding tert-OH is 1. The van der Waals surface area contributed by atoms with Crippen LogP contribution in [-0.2, 0) is 0 Å². The number of rotatable bonds is 4. The molecule has 2 heterocycles. The largest absolute Gasteiger partial charge is 0.396 e. The lowest BCUT2D eigenvalue weighted by Gasteiger charge is -2.36. The van der Waals surface area contributed by atoms with Crippen molar-refractivity contribution >= 4 is 23.4 Å². The maximum absolute atomic E-state index is 9.15. The van der Waals surface area contributed by atoms with Gasteiger partial charge in [-0.25, -0.2) is 9.97 Å². The smallest absolute Gasteiger partial charge is 0.191 e. The van der Waals surface area contributed by atoms with Crippen molar-refractivity contribution < 1.29 is 5.11 Å². The number of hydrogen-bond donors (Lipinski definition) is 2. The van der Waals surface area contributed by atoms with Gasteiger partial charge in [0, 0.05) is 25.3 Å². The summed E-state index contributed by atoms with van der Waals surface area (Å²) in [5.74, 6) is 1.41. The maximum Gasteiger partial charge on any atom is 0.191 e. The summed E-state index contributed by atoms with van der Waals surface area (Å²) in [7, 11) is 0. The summed E-state index contributed by atoms with van der Waals surface area (Å²) in [6, 6.07) is 2.20. The summed E-state index contributed by atoms with van der Waals surface area (Å²) in [6.45, 7) is 1.20. The number of piperidine rings is 1. The van der Waals surface area contributed by atoms with E-state index < -0.39 is 0 Å². The molecule has 1 aromatic rings. The summed E-state index contributed by atoms with van der Waals surface area (Å²) in [6.07, 6.45) is 6.23. The molecule has 2 rings (SSSR count). The highest BCUT2D eigenvalue weighted by Crippen LogP contribution is 2.27. The van der Waals surface area contributed by atoms with Crippen LogP contribution in [0, 0.1) is 0 Å². The number of aromatic nitrogens is 2. The molecule has 1 saturated heterocycles. The van der Waals surface area contributed by atoms with Gasteiger partial charge in [-0.2, -0.15) is 0 Å². The van der Waals surface area contributed by atoms with Crippen LogP contribution in [0.2, 0.25) is 0 Å². The standard InChI is InChI=1S/C12H20N4OS/c1-18-12-14-10(13)8-11(15-12)16-6-3-2-4-9(16)5-7-17/h8-9,17H,2-7H2,1H3,(H2,13,14,15). The summed E-state index contributed by atoms with van der Waals surface area (Å²) < 4.78 is 0. The van der Waals surface area contributed by atoms with Gasteiger partial charge in [0.05, 0.1) is 0 Å². The molecule has 0 amide bonds. The van der Waals surface area contributed by atoms with E-state index in [4.69, 9.17) is 10.8 Å². The lowest BCUT2D eigenvalue weighted by molar-refractivity contribution is 0.262. The third-order valence-electron chi connectivity index (χ3n) is 3.28. The van der Waals surface area contributed by atoms with Crippen molar-refractivity contribution in [1.82, 2.24) is 9.97 Å². The minimum atomic E-state index is 0.219. The fourth-order valence-corrected chi connectivity index (χ4v) is 2.80. The number of aliphatic hydroxyl groups is 1. The van der Waals surface area contributed by atoms with E-state index in [1.165, 1.54) is 24.6 Å². The summed E-state index contributed by atoms with van der Waals surface area (Å²) >= 11 is 1.50. The Labute approximate surface area is 112 Å². The highest BCUT2D eigenvalue weighted by atomic mass is 32.2. The van der Waals surface area contributed by atoms with E-state index in [9.17, 15) is 0 Å². The van der Waals surface area contributed by atoms with Crippen LogP contribution >= 0.6 is 11.8 Å². The van der Waals surface area contributed by atoms with Gasteiger partial charge >= 0.3 is 0 Å². The Morgan fingerprint density at radius 3 is 3.06 bits per heavy atom. The van der Waals surface area contributed by atoms with Crippen LogP contribution in [0.25, 0.3) is 0 Å². The lowest BCUT2D eigenvalue weighted by atomic mass is 10.00. The first-order valence-electron chi connectivity index (χ1n) is 6.30. The number of nitrogens with zero attached hydrogens (tertiary/aromatic N) is 3. The van der Waals surface area contributed by atoms with Crippen molar-refractivity contribution in [2.45, 2.75) is 36.9 Å². The SMILES string of the molecule is CSc1nc(N)cc(N2CCCCC2CCO)n1. The first kappa shape index (κ1) is 13.4. The van der Waals surface area contributed by atoms with Gasteiger partial charge in [-0.3, -0.25) is 0 Å². The van der Waals surface area contributed by atoms with Crippen LogP contribution < -0.4 is 10.6 Å². The minimum absolute atomic E-state index is 0.219. The third kappa shape index (κ3) is 3.05. The van der Waals surface area contributed by atoms with Gasteiger partial charge in [0.15, 0.2) is 5.16 Å². The van der Waals surface area contributed by atoms with Crippen LogP contribution in [-0.4, -0.2) is 40.5 Å². The summed E-state index contributed by atoms with van der Waals surface area (Å²) in [5.41, 5.74) is 5.82. The quantitative estimate of drug-likeness (QED) is 0.637. The molecule has 0 spiro atoms. The second kappa shape index (κ2) is 6.24. The third-order valence-corrected chi connectivity index (χ3v) is 3.83. The number of anilines is 2. The van der Waals surface area contributed by atoms with E-state index in [2.05, 4.69) is 14.9 Å². The van der Waals surface area contributed by atoms with Gasteiger partial charge in [-0.1, -0.05) is 11.8 Å². The van der Waals surface area contributed by atoms with Gasteiger partial charge < -0.3 is 15.7 Å². The molecule has 18 heavy (non-hydrogen) atoms. The Kier molecular flexibility index (Phi) is 4.66. The molecule has 1 fully saturated rings. The van der Waals surface area contributed by atoms with Gasteiger partial charge in [0.25, 0.3) is 0 Å². The molecule has 0 radical (unpaired) electrons. The Balaban J connectivity index is 2.24. The molecule has 1 unspecified atom stereocenters. The average Bonchev–Trinajstić information content (AvgIpc) is 2.39. The first-order chi connectivity index (χ1) is 8.74. The molecule has 3 N–H and O–H groups in total. The van der Waals surface area contributed by atoms with Gasteiger partial charge in [-0.05, 0) is 31.9 Å². The topological polar surface area (TPSA) is 75.3 Å². The average molecular weight is 268 g/mol. The van der Waals surface area contributed by atoms with Gasteiger partial charge in [0.2, 0.25) is 0 Å². The predicted octanol–water partition coefficient (Wildman–Crippen LogP) is 1.52. The van der Waals surface area contributed by atoms with E-state index in [1.54, 1.807) is 0 Å². The van der Waals surface area contributed by atoms with Crippen molar-refractivity contribution in [3.8, 4) is 0 Å². The monoisotopic (exact) mass is 268 g/mol. The molecular weight excluding hydrogens is 248 g/mol. The molecule has 6 heteroatoms. The molecule has 100 valence electrons. The van der Waals surface area contributed by atoms with Crippen molar-refractivity contribution in [2.75, 3.05) is 30.0 Å². The maximum atomic E-state index is 9.15. The van der Waals surface area contributed by atoms with Crippen molar-refractivity contribution in [3.63, 3.8) is 0 Å². The van der Waals surface area contributed by atoms with Crippen molar-refractivity contribution in [3.05, 3.63) is 6.07 Å². The molecule has 1 aliphatic rings. The second-order valence-corrected chi connectivity index (χ2v) is 5.27. The van der Waals surface area contributed by atoms with Gasteiger partial charge in [-0.15, -0.1) is 0 Å². The molecule has 0 aromatic carbocycles. The number of hydrogen-bond acceptors (Lipinski definition) is 6. The second-order valence-electron chi connectivity index (χ2n) is 4.49. The molecule has 1 atom stereocenters. The minimum Gasteiger partial charge on any atom is -0.396 e. The highest BCUT2D eigenvalue weighted by molar-refractivity contribution is 7.98. The Morgan fingerprint density at radius 2 is 2.33 bits per heavy atom. The summed E-state index contributed by atoms with van der Waals surface area (Å²) in [5, 5.41) is 9.86. The fourth-order valence-electron chi connectivity index (χ4n) is 2.42. The molecular formula is C12H20N4OS. The van der Waals surface area contributed by atoms with Crippen molar-refractivity contribution in [1.29, 1.82) is 0 Å². The molecule has 0 saturated carbocycles. The van der Waals surface area contributed by atoms with Crippen LogP contribution in [0.4, 0.5) is 11.6 Å². The zero-order chi connectivity index (χ0) is 13.0. The van der Waals surface area contributed by atoms with Crippen molar-refractivity contribution in [2.24, 2.45) is 0 Å². The Morgan fingerprint density at radius 1 is 1.50 bits per heavy atom. The van der Waals surface area contributed by atoms with E-state index >= 15 is 0 Å². The van der Waals surface area contributed by atoms with Crippen LogP contribution in [0.15, 0.2) is 11.2 Å². The lowest BCUT2D eigenvalue weighted by Crippen LogP contribution is -2.40.